The minimum Gasteiger partial charge on any atom is -0.907 e. The zero-order chi connectivity index (χ0) is 8.69. The van der Waals surface area contributed by atoms with Gasteiger partial charge in [-0.1, -0.05) is 18.2 Å². The predicted octanol–water partition coefficient (Wildman–Crippen LogP) is -11.7. The van der Waals surface area contributed by atoms with E-state index in [4.69, 9.17) is 20.8 Å². The van der Waals surface area contributed by atoms with Crippen molar-refractivity contribution in [1.82, 2.24) is 0 Å². The normalized spacial score (nSPS) is 6.21. The van der Waals surface area contributed by atoms with Crippen LogP contribution in [0.2, 0.25) is 0 Å². The molecule has 1 aromatic rings. The molecule has 0 atom stereocenters. The second-order valence-corrected chi connectivity index (χ2v) is 1.70. The molecule has 0 unspecified atom stereocenters. The molecule has 1 rings (SSSR count). The first kappa shape index (κ1) is 25.0. The Hall–Kier alpha value is 1.96. The first-order valence-corrected chi connectivity index (χ1v) is 2.91. The summed E-state index contributed by atoms with van der Waals surface area (Å²) >= 11 is 0. The zero-order valence-electron chi connectivity index (χ0n) is 8.77. The van der Waals surface area contributed by atoms with Gasteiger partial charge >= 0.3 is 88.7 Å². The second kappa shape index (κ2) is 17.4. The first-order chi connectivity index (χ1) is 5.13. The van der Waals surface area contributed by atoms with Gasteiger partial charge in [-0.05, 0) is 12.1 Å². The van der Waals surface area contributed by atoms with Crippen LogP contribution in [0.25, 0.3) is 0 Å². The van der Waals surface area contributed by atoms with E-state index in [1.165, 1.54) is 0 Å². The number of hydrogen-bond donors (Lipinski definition) is 1. The van der Waals surface area contributed by atoms with Crippen LogP contribution in [-0.4, -0.2) is 7.32 Å². The molecule has 0 bridgehead atoms. The van der Waals surface area contributed by atoms with E-state index in [2.05, 4.69) is 0 Å². The van der Waals surface area contributed by atoms with Crippen LogP contribution in [0.4, 0.5) is 5.69 Å². The summed E-state index contributed by atoms with van der Waals surface area (Å²) in [4.78, 5) is 0. The molecule has 0 amide bonds. The molecule has 0 aliphatic heterocycles. The fraction of sp³-hybridized carbons (Fsp3) is 0. The zero-order valence-corrected chi connectivity index (χ0v) is 14.8. The van der Waals surface area contributed by atoms with Crippen LogP contribution in [0.5, 0.6) is 0 Å². The Balaban J connectivity index is -0.0000000650. The Bertz CT molecular complexity index is 188. The van der Waals surface area contributed by atoms with Gasteiger partial charge in [0.05, 0.1) is 0 Å². The van der Waals surface area contributed by atoms with Crippen LogP contribution in [0, 0.1) is 0 Å². The first-order valence-electron chi connectivity index (χ1n) is 2.91. The Morgan fingerprint density at radius 3 is 1.29 bits per heavy atom. The Morgan fingerprint density at radius 2 is 1.14 bits per heavy atom. The van der Waals surface area contributed by atoms with Gasteiger partial charge in [-0.25, -0.2) is 0 Å². The van der Waals surface area contributed by atoms with Gasteiger partial charge in [0.15, 0.2) is 0 Å². The molecule has 8 heteroatoms. The molecule has 4 nitrogen and oxygen atoms in total. The molecule has 0 aliphatic carbocycles. The summed E-state index contributed by atoms with van der Waals surface area (Å²) in [5, 5.41) is 25.2. The van der Waals surface area contributed by atoms with Gasteiger partial charge < -0.3 is 20.8 Å². The fourth-order valence-electron chi connectivity index (χ4n) is 0.453. The van der Waals surface area contributed by atoms with Gasteiger partial charge in [0.1, 0.15) is 0 Å². The SMILES string of the molecule is Nc1ccccc1.[Na+].[Na+].[Na+].[O-]B([O-])[O-]. The maximum atomic E-state index is 8.42. The van der Waals surface area contributed by atoms with E-state index in [1.54, 1.807) is 0 Å². The topological polar surface area (TPSA) is 95.2 Å². The molecule has 0 saturated carbocycles. The summed E-state index contributed by atoms with van der Waals surface area (Å²) in [6.45, 7) is 0. The summed E-state index contributed by atoms with van der Waals surface area (Å²) < 4.78 is 0. The van der Waals surface area contributed by atoms with Gasteiger partial charge in [0, 0.05) is 5.69 Å². The van der Waals surface area contributed by atoms with Crippen molar-refractivity contribution in [3.05, 3.63) is 30.3 Å². The summed E-state index contributed by atoms with van der Waals surface area (Å²) in [7, 11) is -2.92. The molecule has 0 saturated heterocycles. The molecule has 1 aromatic carbocycles. The minimum absolute atomic E-state index is 0. The van der Waals surface area contributed by atoms with Crippen LogP contribution in [0.15, 0.2) is 30.3 Å². The number of benzene rings is 1. The largest absolute Gasteiger partial charge is 1.00 e. The van der Waals surface area contributed by atoms with Gasteiger partial charge in [-0.2, -0.15) is 0 Å². The number of rotatable bonds is 0. The molecular weight excluding hydrogens is 214 g/mol. The average molecular weight is 221 g/mol. The van der Waals surface area contributed by atoms with E-state index in [0.29, 0.717) is 0 Å². The van der Waals surface area contributed by atoms with Crippen molar-refractivity contribution in [2.24, 2.45) is 0 Å². The Morgan fingerprint density at radius 1 is 0.857 bits per heavy atom. The van der Waals surface area contributed by atoms with Crippen LogP contribution in [0.1, 0.15) is 0 Å². The molecular formula is C6H7BNNa3O3. The third kappa shape index (κ3) is 23.6. The van der Waals surface area contributed by atoms with Crippen LogP contribution in [-0.2, 0) is 0 Å². The quantitative estimate of drug-likeness (QED) is 0.347. The molecule has 2 N–H and O–H groups in total. The summed E-state index contributed by atoms with van der Waals surface area (Å²) in [6, 6.07) is 9.49. The van der Waals surface area contributed by atoms with Crippen molar-refractivity contribution in [2.45, 2.75) is 0 Å². The average Bonchev–Trinajstić information content (AvgIpc) is 1.87. The van der Waals surface area contributed by atoms with Crippen molar-refractivity contribution in [3.63, 3.8) is 0 Å². The van der Waals surface area contributed by atoms with Crippen LogP contribution >= 0.6 is 0 Å². The summed E-state index contributed by atoms with van der Waals surface area (Å²) in [5.41, 5.74) is 6.18. The Kier molecular flexibility index (Phi) is 31.0. The van der Waals surface area contributed by atoms with E-state index >= 15 is 0 Å². The molecule has 0 heterocycles. The van der Waals surface area contributed by atoms with Crippen LogP contribution in [0.3, 0.4) is 0 Å². The van der Waals surface area contributed by atoms with E-state index in [9.17, 15) is 0 Å². The van der Waals surface area contributed by atoms with Crippen molar-refractivity contribution in [3.8, 4) is 0 Å². The number of anilines is 1. The number of hydrogen-bond acceptors (Lipinski definition) is 4. The predicted molar refractivity (Wildman–Crippen MR) is 36.6 cm³/mol. The maximum Gasteiger partial charge on any atom is 1.00 e. The van der Waals surface area contributed by atoms with Crippen LogP contribution < -0.4 is 109 Å². The molecule has 60 valence electrons. The number of nitrogens with two attached hydrogens (primary N) is 1. The van der Waals surface area contributed by atoms with Crippen molar-refractivity contribution >= 4 is 13.0 Å². The van der Waals surface area contributed by atoms with E-state index in [-0.39, 0.29) is 88.7 Å². The molecule has 0 radical (unpaired) electrons. The molecule has 0 aromatic heterocycles. The monoisotopic (exact) mass is 221 g/mol. The number of para-hydroxylation sites is 1. The van der Waals surface area contributed by atoms with Gasteiger partial charge in [0.2, 0.25) is 0 Å². The third-order valence-electron chi connectivity index (χ3n) is 0.800. The molecule has 0 fully saturated rings. The Labute approximate surface area is 150 Å². The third-order valence-corrected chi connectivity index (χ3v) is 0.800. The summed E-state index contributed by atoms with van der Waals surface area (Å²) in [6.07, 6.45) is 0. The molecule has 0 spiro atoms. The molecule has 0 aliphatic rings. The van der Waals surface area contributed by atoms with Gasteiger partial charge in [0.25, 0.3) is 0 Å². The van der Waals surface area contributed by atoms with E-state index < -0.39 is 7.32 Å². The minimum atomic E-state index is -2.92. The molecule has 14 heavy (non-hydrogen) atoms. The fourth-order valence-corrected chi connectivity index (χ4v) is 0.453. The standard InChI is InChI=1S/C6H7N.BO3.3Na/c7-6-4-2-1-3-5-6;2-1(3)4;;;/h1-5H,7H2;;;;/q;-3;3*+1. The van der Waals surface area contributed by atoms with Gasteiger partial charge in [-0.3, -0.25) is 7.32 Å². The summed E-state index contributed by atoms with van der Waals surface area (Å²) in [5.74, 6) is 0. The second-order valence-electron chi connectivity index (χ2n) is 1.70. The maximum absolute atomic E-state index is 8.42. The van der Waals surface area contributed by atoms with E-state index in [0.717, 1.165) is 5.69 Å². The smallest absolute Gasteiger partial charge is 0.907 e. The van der Waals surface area contributed by atoms with E-state index in [1.807, 2.05) is 30.3 Å². The van der Waals surface area contributed by atoms with Crippen molar-refractivity contribution in [2.75, 3.05) is 5.73 Å². The number of nitrogen functional groups attached to an aromatic ring is 1. The van der Waals surface area contributed by atoms with Gasteiger partial charge in [-0.15, -0.1) is 0 Å². The van der Waals surface area contributed by atoms with Crippen molar-refractivity contribution in [1.29, 1.82) is 0 Å². The van der Waals surface area contributed by atoms with Crippen molar-refractivity contribution < 1.29 is 104 Å².